The van der Waals surface area contributed by atoms with Gasteiger partial charge in [-0.2, -0.15) is 0 Å². The normalized spacial score (nSPS) is 10.9. The van der Waals surface area contributed by atoms with E-state index in [9.17, 15) is 4.39 Å². The minimum atomic E-state index is -0.200. The average Bonchev–Trinajstić information content (AvgIpc) is 2.79. The Morgan fingerprint density at radius 1 is 1.37 bits per heavy atom. The van der Waals surface area contributed by atoms with E-state index >= 15 is 0 Å². The van der Waals surface area contributed by atoms with E-state index in [2.05, 4.69) is 22.4 Å². The monoisotopic (exact) mass is 297 g/mol. The van der Waals surface area contributed by atoms with E-state index in [-0.39, 0.29) is 5.82 Å². The lowest BCUT2D eigenvalue weighted by Crippen LogP contribution is -2.13. The summed E-state index contributed by atoms with van der Waals surface area (Å²) in [6.07, 6.45) is 1.08. The molecule has 0 saturated heterocycles. The Labute approximate surface area is 120 Å². The zero-order valence-corrected chi connectivity index (χ0v) is 12.6. The van der Waals surface area contributed by atoms with E-state index in [4.69, 9.17) is 0 Å². The molecule has 0 bridgehead atoms. The molecule has 0 spiro atoms. The molecule has 0 aliphatic rings. The number of aryl methyl sites for hydroxylation is 1. The number of rotatable bonds is 6. The Morgan fingerprint density at radius 3 is 2.84 bits per heavy atom. The Morgan fingerprint density at radius 2 is 2.21 bits per heavy atom. The predicted molar refractivity (Wildman–Crippen MR) is 77.2 cm³/mol. The van der Waals surface area contributed by atoms with Crippen molar-refractivity contribution in [1.29, 1.82) is 0 Å². The summed E-state index contributed by atoms with van der Waals surface area (Å²) in [4.78, 5) is 0.593. The molecule has 6 heteroatoms. The smallest absolute Gasteiger partial charge is 0.179 e. The third-order valence-electron chi connectivity index (χ3n) is 2.46. The second-order valence-corrected chi connectivity index (χ2v) is 6.60. The van der Waals surface area contributed by atoms with E-state index in [1.54, 1.807) is 12.1 Å². The van der Waals surface area contributed by atoms with Gasteiger partial charge in [0.25, 0.3) is 0 Å². The highest BCUT2D eigenvalue weighted by Gasteiger charge is 2.08. The van der Waals surface area contributed by atoms with Crippen molar-refractivity contribution < 1.29 is 4.39 Å². The number of aromatic nitrogens is 2. The largest absolute Gasteiger partial charge is 0.313 e. The second-order valence-electron chi connectivity index (χ2n) is 4.13. The van der Waals surface area contributed by atoms with Crippen LogP contribution in [0.4, 0.5) is 4.39 Å². The van der Waals surface area contributed by atoms with Gasteiger partial charge in [0.05, 0.1) is 4.90 Å². The highest BCUT2D eigenvalue weighted by molar-refractivity contribution is 8.01. The van der Waals surface area contributed by atoms with Crippen molar-refractivity contribution in [3.63, 3.8) is 0 Å². The van der Waals surface area contributed by atoms with Gasteiger partial charge in [0.2, 0.25) is 0 Å². The standard InChI is InChI=1S/C13H16FN3S2/c1-3-6-15-8-10-4-5-12(11(14)7-10)19-13-17-16-9(2)18-13/h4-5,7,15H,3,6,8H2,1-2H3. The minimum absolute atomic E-state index is 0.200. The van der Waals surface area contributed by atoms with Crippen LogP contribution in [0, 0.1) is 12.7 Å². The number of nitrogens with one attached hydrogen (secondary N) is 1. The third-order valence-corrected chi connectivity index (χ3v) is 4.40. The topological polar surface area (TPSA) is 37.8 Å². The first-order valence-corrected chi connectivity index (χ1v) is 7.79. The summed E-state index contributed by atoms with van der Waals surface area (Å²) in [6.45, 7) is 5.65. The molecule has 102 valence electrons. The average molecular weight is 297 g/mol. The van der Waals surface area contributed by atoms with Crippen LogP contribution in [0.2, 0.25) is 0 Å². The molecule has 0 atom stereocenters. The van der Waals surface area contributed by atoms with Crippen molar-refractivity contribution in [2.45, 2.75) is 36.0 Å². The molecule has 2 aromatic rings. The fourth-order valence-electron chi connectivity index (χ4n) is 1.56. The van der Waals surface area contributed by atoms with E-state index in [0.717, 1.165) is 27.9 Å². The molecule has 0 aliphatic heterocycles. The van der Waals surface area contributed by atoms with E-state index in [0.29, 0.717) is 11.4 Å². The molecule has 1 heterocycles. The summed E-state index contributed by atoms with van der Waals surface area (Å²) in [5, 5.41) is 12.1. The zero-order chi connectivity index (χ0) is 13.7. The quantitative estimate of drug-likeness (QED) is 0.826. The molecule has 0 fully saturated rings. The van der Waals surface area contributed by atoms with Crippen LogP contribution in [0.5, 0.6) is 0 Å². The molecule has 1 aromatic heterocycles. The molecule has 0 amide bonds. The molecule has 0 radical (unpaired) electrons. The van der Waals surface area contributed by atoms with Gasteiger partial charge in [0.15, 0.2) is 4.34 Å². The van der Waals surface area contributed by atoms with Gasteiger partial charge in [-0.1, -0.05) is 36.1 Å². The maximum atomic E-state index is 14.0. The summed E-state index contributed by atoms with van der Waals surface area (Å²) in [6, 6.07) is 5.33. The Kier molecular flexibility index (Phi) is 5.30. The van der Waals surface area contributed by atoms with E-state index < -0.39 is 0 Å². The number of hydrogen-bond acceptors (Lipinski definition) is 5. The Hall–Kier alpha value is -0.980. The Bertz CT molecular complexity index is 542. The number of nitrogens with zero attached hydrogens (tertiary/aromatic N) is 2. The van der Waals surface area contributed by atoms with Crippen molar-refractivity contribution in [2.75, 3.05) is 6.54 Å². The predicted octanol–water partition coefficient (Wildman–Crippen LogP) is 3.64. The molecule has 1 aromatic carbocycles. The van der Waals surface area contributed by atoms with Gasteiger partial charge < -0.3 is 5.32 Å². The molecule has 0 aliphatic carbocycles. The van der Waals surface area contributed by atoms with E-state index in [1.807, 2.05) is 13.0 Å². The minimum Gasteiger partial charge on any atom is -0.313 e. The van der Waals surface area contributed by atoms with Gasteiger partial charge in [0, 0.05) is 6.54 Å². The summed E-state index contributed by atoms with van der Waals surface area (Å²) in [5.74, 6) is -0.200. The SMILES string of the molecule is CCCNCc1ccc(Sc2nnc(C)s2)c(F)c1. The van der Waals surface area contributed by atoms with E-state index in [1.165, 1.54) is 23.1 Å². The summed E-state index contributed by atoms with van der Waals surface area (Å²) >= 11 is 2.80. The number of hydrogen-bond donors (Lipinski definition) is 1. The molecule has 2 rings (SSSR count). The molecule has 0 saturated carbocycles. The van der Waals surface area contributed by atoms with Crippen molar-refractivity contribution in [1.82, 2.24) is 15.5 Å². The Balaban J connectivity index is 2.02. The number of halogens is 1. The highest BCUT2D eigenvalue weighted by atomic mass is 32.2. The molecular formula is C13H16FN3S2. The van der Waals surface area contributed by atoms with Crippen LogP contribution in [0.1, 0.15) is 23.9 Å². The van der Waals surface area contributed by atoms with Crippen LogP contribution in [-0.2, 0) is 6.54 Å². The first-order chi connectivity index (χ1) is 9.19. The van der Waals surface area contributed by atoms with Gasteiger partial charge in [-0.3, -0.25) is 0 Å². The van der Waals surface area contributed by atoms with Gasteiger partial charge in [-0.05, 0) is 37.6 Å². The van der Waals surface area contributed by atoms with Crippen molar-refractivity contribution in [3.8, 4) is 0 Å². The van der Waals surface area contributed by atoms with Crippen LogP contribution < -0.4 is 5.32 Å². The molecule has 0 unspecified atom stereocenters. The first-order valence-electron chi connectivity index (χ1n) is 6.16. The molecule has 19 heavy (non-hydrogen) atoms. The van der Waals surface area contributed by atoms with Crippen LogP contribution in [-0.4, -0.2) is 16.7 Å². The van der Waals surface area contributed by atoms with Gasteiger partial charge in [-0.25, -0.2) is 4.39 Å². The zero-order valence-electron chi connectivity index (χ0n) is 10.9. The van der Waals surface area contributed by atoms with Crippen molar-refractivity contribution >= 4 is 23.1 Å². The van der Waals surface area contributed by atoms with Crippen LogP contribution in [0.3, 0.4) is 0 Å². The molecular weight excluding hydrogens is 281 g/mol. The van der Waals surface area contributed by atoms with Gasteiger partial charge >= 0.3 is 0 Å². The summed E-state index contributed by atoms with van der Waals surface area (Å²) in [5.41, 5.74) is 0.962. The van der Waals surface area contributed by atoms with Crippen molar-refractivity contribution in [2.24, 2.45) is 0 Å². The molecule has 1 N–H and O–H groups in total. The maximum absolute atomic E-state index is 14.0. The molecule has 3 nitrogen and oxygen atoms in total. The van der Waals surface area contributed by atoms with Crippen LogP contribution in [0.15, 0.2) is 27.4 Å². The summed E-state index contributed by atoms with van der Waals surface area (Å²) in [7, 11) is 0. The lowest BCUT2D eigenvalue weighted by Gasteiger charge is -2.05. The highest BCUT2D eigenvalue weighted by Crippen LogP contribution is 2.32. The lowest BCUT2D eigenvalue weighted by atomic mass is 10.2. The first kappa shape index (κ1) is 14.4. The van der Waals surface area contributed by atoms with Crippen molar-refractivity contribution in [3.05, 3.63) is 34.6 Å². The van der Waals surface area contributed by atoms with Crippen LogP contribution >= 0.6 is 23.1 Å². The van der Waals surface area contributed by atoms with Gasteiger partial charge in [-0.15, -0.1) is 10.2 Å². The maximum Gasteiger partial charge on any atom is 0.179 e. The number of benzene rings is 1. The van der Waals surface area contributed by atoms with Gasteiger partial charge in [0.1, 0.15) is 10.8 Å². The van der Waals surface area contributed by atoms with Crippen LogP contribution in [0.25, 0.3) is 0 Å². The fourth-order valence-corrected chi connectivity index (χ4v) is 3.34. The summed E-state index contributed by atoms with van der Waals surface area (Å²) < 4.78 is 14.7. The second kappa shape index (κ2) is 6.98. The third kappa shape index (κ3) is 4.26. The fraction of sp³-hybridized carbons (Fsp3) is 0.385. The lowest BCUT2D eigenvalue weighted by molar-refractivity contribution is 0.595.